The number of nitrogens with one attached hydrogen (secondary N) is 1. The normalized spacial score (nSPS) is 14.7. The summed E-state index contributed by atoms with van der Waals surface area (Å²) >= 11 is 0. The fraction of sp³-hybridized carbons (Fsp3) is 0.478. The molecule has 0 heterocycles. The van der Waals surface area contributed by atoms with Crippen LogP contribution in [0.4, 0.5) is 0 Å². The Morgan fingerprint density at radius 3 is 1.81 bits per heavy atom. The van der Waals surface area contributed by atoms with E-state index in [1.165, 1.54) is 5.56 Å². The van der Waals surface area contributed by atoms with E-state index in [-0.39, 0.29) is 11.5 Å². The molecule has 2 aromatic rings. The topological polar surface area (TPSA) is 46.2 Å². The van der Waals surface area contributed by atoms with E-state index in [4.69, 9.17) is 0 Å². The first-order chi connectivity index (χ1) is 12.6. The van der Waals surface area contributed by atoms with Crippen molar-refractivity contribution in [1.29, 1.82) is 0 Å². The van der Waals surface area contributed by atoms with Crippen molar-refractivity contribution in [3.8, 4) is 0 Å². The lowest BCUT2D eigenvalue weighted by molar-refractivity contribution is 0.549. The minimum Gasteiger partial charge on any atom is -0.207 e. The van der Waals surface area contributed by atoms with Crippen molar-refractivity contribution < 1.29 is 8.42 Å². The first kappa shape index (κ1) is 21.6. The van der Waals surface area contributed by atoms with E-state index in [9.17, 15) is 8.42 Å². The van der Waals surface area contributed by atoms with E-state index in [1.807, 2.05) is 31.2 Å². The fourth-order valence-corrected chi connectivity index (χ4v) is 4.38. The molecule has 0 bridgehead atoms. The monoisotopic (exact) mass is 387 g/mol. The van der Waals surface area contributed by atoms with Crippen molar-refractivity contribution in [2.45, 2.75) is 76.7 Å². The zero-order chi connectivity index (χ0) is 20.2. The predicted molar refractivity (Wildman–Crippen MR) is 114 cm³/mol. The third kappa shape index (κ3) is 5.43. The van der Waals surface area contributed by atoms with E-state index < -0.39 is 10.0 Å². The van der Waals surface area contributed by atoms with Gasteiger partial charge in [0.1, 0.15) is 0 Å². The molecule has 0 amide bonds. The van der Waals surface area contributed by atoms with Crippen LogP contribution in [0.5, 0.6) is 0 Å². The Morgan fingerprint density at radius 2 is 1.37 bits per heavy atom. The molecule has 3 nitrogen and oxygen atoms in total. The molecule has 0 aliphatic rings. The summed E-state index contributed by atoms with van der Waals surface area (Å²) in [5.74, 6) is 0.511. The molecule has 0 aromatic heterocycles. The zero-order valence-corrected chi connectivity index (χ0v) is 18.2. The third-order valence-corrected chi connectivity index (χ3v) is 6.74. The largest absolute Gasteiger partial charge is 0.241 e. The van der Waals surface area contributed by atoms with Crippen LogP contribution in [0.2, 0.25) is 0 Å². The number of hydrogen-bond acceptors (Lipinski definition) is 2. The van der Waals surface area contributed by atoms with Gasteiger partial charge in [0.05, 0.1) is 4.90 Å². The van der Waals surface area contributed by atoms with Crippen LogP contribution >= 0.6 is 0 Å². The fourth-order valence-electron chi connectivity index (χ4n) is 3.07. The van der Waals surface area contributed by atoms with Gasteiger partial charge in [0, 0.05) is 6.04 Å². The summed E-state index contributed by atoms with van der Waals surface area (Å²) in [5.41, 5.74) is 3.41. The van der Waals surface area contributed by atoms with Gasteiger partial charge in [-0.1, -0.05) is 77.9 Å². The van der Waals surface area contributed by atoms with Crippen molar-refractivity contribution in [2.24, 2.45) is 0 Å². The molecule has 0 spiro atoms. The van der Waals surface area contributed by atoms with Gasteiger partial charge in [-0.05, 0) is 53.0 Å². The van der Waals surface area contributed by atoms with Crippen molar-refractivity contribution in [1.82, 2.24) is 4.72 Å². The summed E-state index contributed by atoms with van der Waals surface area (Å²) in [5, 5.41) is 0. The first-order valence-corrected chi connectivity index (χ1v) is 11.3. The molecule has 0 fully saturated rings. The van der Waals surface area contributed by atoms with Gasteiger partial charge in [-0.2, -0.15) is 0 Å². The van der Waals surface area contributed by atoms with E-state index >= 15 is 0 Å². The summed E-state index contributed by atoms with van der Waals surface area (Å²) < 4.78 is 28.6. The first-order valence-electron chi connectivity index (χ1n) is 9.81. The second kappa shape index (κ2) is 8.57. The highest BCUT2D eigenvalue weighted by molar-refractivity contribution is 7.89. The van der Waals surface area contributed by atoms with Gasteiger partial charge in [0.15, 0.2) is 0 Å². The lowest BCUT2D eigenvalue weighted by Crippen LogP contribution is -2.28. The van der Waals surface area contributed by atoms with Crippen LogP contribution < -0.4 is 4.72 Å². The van der Waals surface area contributed by atoms with Crippen LogP contribution in [0.1, 0.15) is 83.0 Å². The maximum Gasteiger partial charge on any atom is 0.241 e. The van der Waals surface area contributed by atoms with E-state index in [2.05, 4.69) is 51.5 Å². The van der Waals surface area contributed by atoms with E-state index in [1.54, 1.807) is 12.1 Å². The summed E-state index contributed by atoms with van der Waals surface area (Å²) in [7, 11) is -3.56. The quantitative estimate of drug-likeness (QED) is 0.640. The van der Waals surface area contributed by atoms with Gasteiger partial charge in [-0.3, -0.25) is 0 Å². The molecule has 2 unspecified atom stereocenters. The lowest BCUT2D eigenvalue weighted by atomic mass is 9.87. The molecular formula is C23H33NO2S. The Labute approximate surface area is 165 Å². The predicted octanol–water partition coefficient (Wildman–Crippen LogP) is 5.93. The Kier molecular flexibility index (Phi) is 6.87. The molecular weight excluding hydrogens is 354 g/mol. The average molecular weight is 388 g/mol. The molecule has 2 atom stereocenters. The highest BCUT2D eigenvalue weighted by Crippen LogP contribution is 2.26. The van der Waals surface area contributed by atoms with Crippen LogP contribution in [-0.4, -0.2) is 8.42 Å². The van der Waals surface area contributed by atoms with Gasteiger partial charge in [0.2, 0.25) is 10.0 Å². The molecule has 0 saturated carbocycles. The van der Waals surface area contributed by atoms with Gasteiger partial charge in [0.25, 0.3) is 0 Å². The SMILES string of the molecule is CCC(C)c1ccc(C(CC)NS(=O)(=O)c2ccc(C(C)(C)C)cc2)cc1. The summed E-state index contributed by atoms with van der Waals surface area (Å²) in [4.78, 5) is 0.310. The number of sulfonamides is 1. The molecule has 0 aliphatic heterocycles. The summed E-state index contributed by atoms with van der Waals surface area (Å²) in [6.07, 6.45) is 1.79. The molecule has 4 heteroatoms. The van der Waals surface area contributed by atoms with E-state index in [0.717, 1.165) is 17.5 Å². The van der Waals surface area contributed by atoms with Crippen molar-refractivity contribution >= 4 is 10.0 Å². The molecule has 0 saturated heterocycles. The van der Waals surface area contributed by atoms with Gasteiger partial charge >= 0.3 is 0 Å². The summed E-state index contributed by atoms with van der Waals surface area (Å²) in [6, 6.07) is 15.3. The number of rotatable bonds is 7. The smallest absolute Gasteiger partial charge is 0.207 e. The second-order valence-electron chi connectivity index (χ2n) is 8.33. The Hall–Kier alpha value is -1.65. The minimum absolute atomic E-state index is 0.000946. The average Bonchev–Trinajstić information content (AvgIpc) is 2.65. The maximum atomic E-state index is 12.8. The Morgan fingerprint density at radius 1 is 0.852 bits per heavy atom. The Bertz CT molecular complexity index is 831. The molecule has 0 radical (unpaired) electrons. The number of hydrogen-bond donors (Lipinski definition) is 1. The van der Waals surface area contributed by atoms with Crippen LogP contribution in [0.15, 0.2) is 53.4 Å². The molecule has 0 aliphatic carbocycles. The van der Waals surface area contributed by atoms with Gasteiger partial charge in [-0.25, -0.2) is 13.1 Å². The minimum atomic E-state index is -3.56. The van der Waals surface area contributed by atoms with Crippen molar-refractivity contribution in [3.63, 3.8) is 0 Å². The zero-order valence-electron chi connectivity index (χ0n) is 17.4. The van der Waals surface area contributed by atoms with Gasteiger partial charge < -0.3 is 0 Å². The number of benzene rings is 2. The highest BCUT2D eigenvalue weighted by atomic mass is 32.2. The highest BCUT2D eigenvalue weighted by Gasteiger charge is 2.21. The van der Waals surface area contributed by atoms with E-state index in [0.29, 0.717) is 17.2 Å². The molecule has 1 N–H and O–H groups in total. The standard InChI is InChI=1S/C23H33NO2S/c1-7-17(3)18-9-11-19(12-10-18)22(8-2)24-27(25,26)21-15-13-20(14-16-21)23(4,5)6/h9-17,22,24H,7-8H2,1-6H3. The lowest BCUT2D eigenvalue weighted by Gasteiger charge is -2.21. The maximum absolute atomic E-state index is 12.8. The molecule has 2 rings (SSSR count). The molecule has 27 heavy (non-hydrogen) atoms. The van der Waals surface area contributed by atoms with Crippen LogP contribution in [0.25, 0.3) is 0 Å². The third-order valence-electron chi connectivity index (χ3n) is 5.26. The summed E-state index contributed by atoms with van der Waals surface area (Å²) in [6.45, 7) is 12.7. The molecule has 2 aromatic carbocycles. The Balaban J connectivity index is 2.21. The van der Waals surface area contributed by atoms with Crippen LogP contribution in [-0.2, 0) is 15.4 Å². The molecule has 148 valence electrons. The van der Waals surface area contributed by atoms with Crippen LogP contribution in [0.3, 0.4) is 0 Å². The second-order valence-corrected chi connectivity index (χ2v) is 10.0. The van der Waals surface area contributed by atoms with Crippen LogP contribution in [0, 0.1) is 0 Å². The van der Waals surface area contributed by atoms with Crippen molar-refractivity contribution in [2.75, 3.05) is 0 Å². The van der Waals surface area contributed by atoms with Crippen molar-refractivity contribution in [3.05, 3.63) is 65.2 Å². The van der Waals surface area contributed by atoms with Gasteiger partial charge in [-0.15, -0.1) is 0 Å².